The van der Waals surface area contributed by atoms with Gasteiger partial charge in [0.05, 0.1) is 19.4 Å². The Bertz CT molecular complexity index is 1190. The highest BCUT2D eigenvalue weighted by Gasteiger charge is 2.48. The molecule has 10 heteroatoms. The van der Waals surface area contributed by atoms with Gasteiger partial charge in [0, 0.05) is 25.6 Å². The molecule has 9 nitrogen and oxygen atoms in total. The number of hydrogen-bond acceptors (Lipinski definition) is 6. The molecule has 0 spiro atoms. The minimum Gasteiger partial charge on any atom is -0.469 e. The summed E-state index contributed by atoms with van der Waals surface area (Å²) in [4.78, 5) is 40.5. The second kappa shape index (κ2) is 9.50. The van der Waals surface area contributed by atoms with Crippen molar-refractivity contribution < 1.29 is 27.9 Å². The van der Waals surface area contributed by atoms with Crippen molar-refractivity contribution in [2.75, 3.05) is 13.2 Å². The molecule has 1 unspecified atom stereocenters. The summed E-state index contributed by atoms with van der Waals surface area (Å²) in [6.45, 7) is 3.93. The number of ether oxygens (including phenoxy) is 1. The molecule has 0 aliphatic carbocycles. The molecule has 0 bridgehead atoms. The van der Waals surface area contributed by atoms with Gasteiger partial charge in [-0.25, -0.2) is 9.18 Å². The van der Waals surface area contributed by atoms with Crippen LogP contribution in [0.1, 0.15) is 46.1 Å². The van der Waals surface area contributed by atoms with Gasteiger partial charge in [-0.1, -0.05) is 12.1 Å². The number of esters is 1. The lowest BCUT2D eigenvalue weighted by Gasteiger charge is -2.43. The number of benzene rings is 1. The molecule has 0 saturated heterocycles. The van der Waals surface area contributed by atoms with E-state index in [9.17, 15) is 18.8 Å². The zero-order valence-electron chi connectivity index (χ0n) is 18.9. The lowest BCUT2D eigenvalue weighted by Crippen LogP contribution is -2.64. The molecule has 1 aliphatic rings. The highest BCUT2D eigenvalue weighted by molar-refractivity contribution is 6.01. The molecule has 3 heterocycles. The molecular formula is C24H25FN4O5. The minimum atomic E-state index is -1.30. The minimum absolute atomic E-state index is 0.00662. The van der Waals surface area contributed by atoms with Crippen molar-refractivity contribution >= 4 is 17.8 Å². The number of halogens is 1. The average Bonchev–Trinajstić information content (AvgIpc) is 3.48. The van der Waals surface area contributed by atoms with Gasteiger partial charge in [0.1, 0.15) is 22.8 Å². The van der Waals surface area contributed by atoms with Crippen molar-refractivity contribution in [3.63, 3.8) is 0 Å². The van der Waals surface area contributed by atoms with Gasteiger partial charge in [0.25, 0.3) is 5.91 Å². The van der Waals surface area contributed by atoms with E-state index in [2.05, 4.69) is 10.4 Å². The van der Waals surface area contributed by atoms with E-state index < -0.39 is 23.3 Å². The summed E-state index contributed by atoms with van der Waals surface area (Å²) in [6, 6.07) is 10.7. The first-order valence-electron chi connectivity index (χ1n) is 10.9. The SMILES string of the molecule is CCOC(=O)c1cc2n(n1)CC(C)(C(=O)NCc1ccc(F)cc1)N(CCc1ccco1)C2=O. The third-order valence-electron chi connectivity index (χ3n) is 5.80. The van der Waals surface area contributed by atoms with E-state index in [-0.39, 0.29) is 43.4 Å². The predicted molar refractivity (Wildman–Crippen MR) is 118 cm³/mol. The molecule has 0 fully saturated rings. The standard InChI is InChI=1S/C24H25FN4O5/c1-3-33-22(31)19-13-20-21(30)28(11-10-18-5-4-12-34-18)24(2,15-29(20)27-19)23(32)26-14-16-6-8-17(25)9-7-16/h4-9,12-13H,3,10-11,14-15H2,1-2H3,(H,26,32). The van der Waals surface area contributed by atoms with Gasteiger partial charge in [-0.15, -0.1) is 0 Å². The normalized spacial score (nSPS) is 17.4. The largest absolute Gasteiger partial charge is 0.469 e. The maximum atomic E-state index is 13.5. The van der Waals surface area contributed by atoms with Gasteiger partial charge in [0.15, 0.2) is 5.69 Å². The van der Waals surface area contributed by atoms with Crippen molar-refractivity contribution in [2.45, 2.75) is 38.9 Å². The van der Waals surface area contributed by atoms with Crippen LogP contribution in [0.15, 0.2) is 53.1 Å². The quantitative estimate of drug-likeness (QED) is 0.510. The summed E-state index contributed by atoms with van der Waals surface area (Å²) in [5.74, 6) is -1.16. The van der Waals surface area contributed by atoms with E-state index in [4.69, 9.17) is 9.15 Å². The topological polar surface area (TPSA) is 107 Å². The van der Waals surface area contributed by atoms with Crippen LogP contribution in [0.5, 0.6) is 0 Å². The molecule has 1 aromatic carbocycles. The Morgan fingerprint density at radius 2 is 2.03 bits per heavy atom. The van der Waals surface area contributed by atoms with Crippen LogP contribution in [-0.2, 0) is 29.0 Å². The van der Waals surface area contributed by atoms with Crippen molar-refractivity contribution in [3.05, 3.63) is 77.3 Å². The Balaban J connectivity index is 1.61. The summed E-state index contributed by atoms with van der Waals surface area (Å²) in [5.41, 5.74) is -0.375. The zero-order valence-corrected chi connectivity index (χ0v) is 18.9. The second-order valence-electron chi connectivity index (χ2n) is 8.16. The van der Waals surface area contributed by atoms with Crippen LogP contribution >= 0.6 is 0 Å². The monoisotopic (exact) mass is 468 g/mol. The molecule has 2 aromatic heterocycles. The van der Waals surface area contributed by atoms with Crippen molar-refractivity contribution in [3.8, 4) is 0 Å². The Labute approximate surface area is 195 Å². The smallest absolute Gasteiger partial charge is 0.358 e. The third kappa shape index (κ3) is 4.57. The summed E-state index contributed by atoms with van der Waals surface area (Å²) in [6.07, 6.45) is 1.95. The van der Waals surface area contributed by atoms with Crippen LogP contribution in [0.25, 0.3) is 0 Å². The van der Waals surface area contributed by atoms with Gasteiger partial charge in [-0.05, 0) is 43.7 Å². The maximum absolute atomic E-state index is 13.5. The van der Waals surface area contributed by atoms with E-state index in [1.807, 2.05) is 0 Å². The first-order valence-corrected chi connectivity index (χ1v) is 10.9. The Morgan fingerprint density at radius 1 is 1.26 bits per heavy atom. The molecule has 1 atom stereocenters. The molecule has 3 aromatic rings. The van der Waals surface area contributed by atoms with E-state index in [0.717, 1.165) is 0 Å². The molecule has 34 heavy (non-hydrogen) atoms. The van der Waals surface area contributed by atoms with E-state index in [1.54, 1.807) is 44.4 Å². The van der Waals surface area contributed by atoms with Gasteiger partial charge >= 0.3 is 5.97 Å². The van der Waals surface area contributed by atoms with Crippen molar-refractivity contribution in [1.82, 2.24) is 20.0 Å². The molecule has 0 saturated carbocycles. The third-order valence-corrected chi connectivity index (χ3v) is 5.80. The Hall–Kier alpha value is -3.95. The highest BCUT2D eigenvalue weighted by atomic mass is 19.1. The number of aromatic nitrogens is 2. The maximum Gasteiger partial charge on any atom is 0.358 e. The van der Waals surface area contributed by atoms with Crippen LogP contribution in [0, 0.1) is 5.82 Å². The van der Waals surface area contributed by atoms with Crippen molar-refractivity contribution in [2.24, 2.45) is 0 Å². The fourth-order valence-electron chi connectivity index (χ4n) is 3.95. The van der Waals surface area contributed by atoms with Crippen LogP contribution in [0.3, 0.4) is 0 Å². The number of hydrogen-bond donors (Lipinski definition) is 1. The lowest BCUT2D eigenvalue weighted by molar-refractivity contribution is -0.133. The van der Waals surface area contributed by atoms with Crippen LogP contribution in [0.2, 0.25) is 0 Å². The summed E-state index contributed by atoms with van der Waals surface area (Å²) in [5, 5.41) is 7.07. The second-order valence-corrected chi connectivity index (χ2v) is 8.16. The number of carbonyl (C=O) groups is 3. The number of nitrogens with zero attached hydrogens (tertiary/aromatic N) is 3. The molecule has 1 N–H and O–H groups in total. The lowest BCUT2D eigenvalue weighted by atomic mass is 9.94. The molecule has 4 rings (SSSR count). The average molecular weight is 468 g/mol. The van der Waals surface area contributed by atoms with Gasteiger partial charge < -0.3 is 19.4 Å². The highest BCUT2D eigenvalue weighted by Crippen LogP contribution is 2.28. The Kier molecular flexibility index (Phi) is 6.49. The summed E-state index contributed by atoms with van der Waals surface area (Å²) < 4.78 is 25.0. The van der Waals surface area contributed by atoms with E-state index in [1.165, 1.54) is 27.8 Å². The summed E-state index contributed by atoms with van der Waals surface area (Å²) >= 11 is 0. The number of furan rings is 1. The number of amides is 2. The Morgan fingerprint density at radius 3 is 2.71 bits per heavy atom. The predicted octanol–water partition coefficient (Wildman–Crippen LogP) is 2.57. The molecule has 1 aliphatic heterocycles. The van der Waals surface area contributed by atoms with Gasteiger partial charge in [0.2, 0.25) is 5.91 Å². The number of rotatable bonds is 8. The van der Waals surface area contributed by atoms with E-state index in [0.29, 0.717) is 17.7 Å². The fourth-order valence-corrected chi connectivity index (χ4v) is 3.95. The fraction of sp³-hybridized carbons (Fsp3) is 0.333. The first-order chi connectivity index (χ1) is 16.3. The van der Waals surface area contributed by atoms with Gasteiger partial charge in [-0.3, -0.25) is 14.3 Å². The molecule has 0 radical (unpaired) electrons. The number of fused-ring (bicyclic) bond motifs is 1. The summed E-state index contributed by atoms with van der Waals surface area (Å²) in [7, 11) is 0. The zero-order chi connectivity index (χ0) is 24.3. The molecule has 178 valence electrons. The van der Waals surface area contributed by atoms with Crippen LogP contribution < -0.4 is 5.32 Å². The van der Waals surface area contributed by atoms with Crippen LogP contribution in [-0.4, -0.2) is 51.2 Å². The van der Waals surface area contributed by atoms with Gasteiger partial charge in [-0.2, -0.15) is 5.10 Å². The number of carbonyl (C=O) groups excluding carboxylic acids is 3. The first kappa shape index (κ1) is 23.2. The molecular weight excluding hydrogens is 443 g/mol. The number of nitrogens with one attached hydrogen (secondary N) is 1. The van der Waals surface area contributed by atoms with Crippen molar-refractivity contribution in [1.29, 1.82) is 0 Å². The van der Waals surface area contributed by atoms with Crippen LogP contribution in [0.4, 0.5) is 4.39 Å². The molecule has 2 amide bonds. The van der Waals surface area contributed by atoms with E-state index >= 15 is 0 Å².